The Bertz CT molecular complexity index is 636. The molecule has 0 unspecified atom stereocenters. The lowest BCUT2D eigenvalue weighted by Gasteiger charge is -2.32. The van der Waals surface area contributed by atoms with Crippen molar-refractivity contribution in [3.63, 3.8) is 0 Å². The molecule has 0 saturated carbocycles. The van der Waals surface area contributed by atoms with Crippen molar-refractivity contribution in [2.24, 2.45) is 4.99 Å². The van der Waals surface area contributed by atoms with Gasteiger partial charge in [0.25, 0.3) is 0 Å². The molecule has 0 spiro atoms. The molecule has 0 aromatic heterocycles. The first-order valence-corrected chi connectivity index (χ1v) is 13.2. The molecule has 1 fully saturated rings. The van der Waals surface area contributed by atoms with Crippen molar-refractivity contribution in [3.8, 4) is 0 Å². The summed E-state index contributed by atoms with van der Waals surface area (Å²) in [5.74, 6) is 0.763. The number of aliphatic imine (C=N–C) groups is 1. The highest BCUT2D eigenvalue weighted by molar-refractivity contribution is 5.81. The molecule has 1 aromatic carbocycles. The van der Waals surface area contributed by atoms with Gasteiger partial charge in [0.2, 0.25) is 0 Å². The van der Waals surface area contributed by atoms with Crippen LogP contribution in [0.25, 0.3) is 0 Å². The Hall–Kier alpha value is -1.41. The number of unbranched alkanes of at least 4 members (excludes halogenated alkanes) is 3. The molecule has 32 heavy (non-hydrogen) atoms. The predicted octanol–water partition coefficient (Wildman–Crippen LogP) is 8.91. The third kappa shape index (κ3) is 13.9. The van der Waals surface area contributed by atoms with Gasteiger partial charge < -0.3 is 4.90 Å². The second kappa shape index (κ2) is 19.1. The maximum Gasteiger partial charge on any atom is 0.0276 e. The molecule has 0 radical (unpaired) electrons. The largest absolute Gasteiger partial charge is 0.303 e. The lowest BCUT2D eigenvalue weighted by Crippen LogP contribution is -2.33. The van der Waals surface area contributed by atoms with E-state index in [-0.39, 0.29) is 0 Å². The van der Waals surface area contributed by atoms with Crippen LogP contribution in [0.1, 0.15) is 115 Å². The van der Waals surface area contributed by atoms with Gasteiger partial charge in [-0.25, -0.2) is 0 Å². The zero-order valence-electron chi connectivity index (χ0n) is 22.9. The molecule has 1 aromatic rings. The Labute approximate surface area is 201 Å². The van der Waals surface area contributed by atoms with Crippen molar-refractivity contribution in [2.45, 2.75) is 112 Å². The third-order valence-electron chi connectivity index (χ3n) is 6.44. The van der Waals surface area contributed by atoms with E-state index in [0.717, 1.165) is 12.3 Å². The van der Waals surface area contributed by atoms with Crippen molar-refractivity contribution < 1.29 is 0 Å². The lowest BCUT2D eigenvalue weighted by atomic mass is 9.88. The summed E-state index contributed by atoms with van der Waals surface area (Å²) in [5, 5.41) is 0. The van der Waals surface area contributed by atoms with Crippen LogP contribution in [0.4, 0.5) is 0 Å². The fourth-order valence-corrected chi connectivity index (χ4v) is 4.03. The number of rotatable bonds is 10. The number of hydrogen-bond donors (Lipinski definition) is 0. The Balaban J connectivity index is 0.000000738. The van der Waals surface area contributed by atoms with Crippen LogP contribution in [0, 0.1) is 13.8 Å². The molecule has 1 heterocycles. The van der Waals surface area contributed by atoms with Gasteiger partial charge in [0.15, 0.2) is 0 Å². The van der Waals surface area contributed by atoms with Crippen LogP contribution in [0.5, 0.6) is 0 Å². The van der Waals surface area contributed by atoms with Crippen LogP contribution in [-0.4, -0.2) is 37.3 Å². The first kappa shape index (κ1) is 30.6. The zero-order chi connectivity index (χ0) is 24.4. The van der Waals surface area contributed by atoms with Crippen LogP contribution in [0.2, 0.25) is 0 Å². The van der Waals surface area contributed by atoms with Gasteiger partial charge >= 0.3 is 0 Å². The monoisotopic (exact) mass is 442 g/mol. The molecular weight excluding hydrogens is 388 g/mol. The molecular formula is C30H54N2. The SMILES string of the molecule is C=C(C)CCCCCC.CC.CN=C(C)CCCN1CCC(c2ccc(C)c(C)c2)CC1. The minimum atomic E-state index is 0.763. The molecule has 184 valence electrons. The average molecular weight is 443 g/mol. The Morgan fingerprint density at radius 3 is 2.16 bits per heavy atom. The van der Waals surface area contributed by atoms with Crippen LogP contribution in [-0.2, 0) is 0 Å². The number of benzene rings is 1. The second-order valence-corrected chi connectivity index (χ2v) is 9.29. The van der Waals surface area contributed by atoms with Gasteiger partial charge in [0.1, 0.15) is 0 Å². The summed E-state index contributed by atoms with van der Waals surface area (Å²) in [5.41, 5.74) is 6.99. The van der Waals surface area contributed by atoms with E-state index in [1.54, 1.807) is 5.56 Å². The third-order valence-corrected chi connectivity index (χ3v) is 6.44. The maximum absolute atomic E-state index is 4.24. The van der Waals surface area contributed by atoms with Crippen LogP contribution in [0.3, 0.4) is 0 Å². The number of hydrogen-bond acceptors (Lipinski definition) is 2. The number of piperidine rings is 1. The number of nitrogens with zero attached hydrogens (tertiary/aromatic N) is 2. The van der Waals surface area contributed by atoms with Gasteiger partial charge in [-0.3, -0.25) is 4.99 Å². The molecule has 1 saturated heterocycles. The summed E-state index contributed by atoms with van der Waals surface area (Å²) < 4.78 is 0. The van der Waals surface area contributed by atoms with Crippen molar-refractivity contribution in [2.75, 3.05) is 26.7 Å². The quantitative estimate of drug-likeness (QED) is 0.200. The van der Waals surface area contributed by atoms with Gasteiger partial charge in [0, 0.05) is 12.8 Å². The molecule has 2 nitrogen and oxygen atoms in total. The van der Waals surface area contributed by atoms with E-state index in [9.17, 15) is 0 Å². The first-order valence-electron chi connectivity index (χ1n) is 13.2. The summed E-state index contributed by atoms with van der Waals surface area (Å²) in [6.45, 7) is 22.5. The maximum atomic E-state index is 4.24. The Kier molecular flexibility index (Phi) is 18.3. The first-order chi connectivity index (χ1) is 15.4. The Morgan fingerprint density at radius 1 is 0.969 bits per heavy atom. The molecule has 0 atom stereocenters. The second-order valence-electron chi connectivity index (χ2n) is 9.29. The van der Waals surface area contributed by atoms with E-state index < -0.39 is 0 Å². The average Bonchev–Trinajstić information content (AvgIpc) is 2.80. The highest BCUT2D eigenvalue weighted by Crippen LogP contribution is 2.29. The van der Waals surface area contributed by atoms with Gasteiger partial charge in [0.05, 0.1) is 0 Å². The normalized spacial score (nSPS) is 14.8. The van der Waals surface area contributed by atoms with Crippen LogP contribution in [0.15, 0.2) is 35.3 Å². The summed E-state index contributed by atoms with van der Waals surface area (Å²) in [6, 6.07) is 7.02. The van der Waals surface area contributed by atoms with Gasteiger partial charge in [-0.2, -0.15) is 0 Å². The molecule has 1 aliphatic rings. The fourth-order valence-electron chi connectivity index (χ4n) is 4.03. The fraction of sp³-hybridized carbons (Fsp3) is 0.700. The van der Waals surface area contributed by atoms with Gasteiger partial charge in [-0.05, 0) is 108 Å². The van der Waals surface area contributed by atoms with E-state index in [2.05, 4.69) is 69.3 Å². The highest BCUT2D eigenvalue weighted by atomic mass is 15.1. The van der Waals surface area contributed by atoms with E-state index in [1.165, 1.54) is 93.4 Å². The minimum Gasteiger partial charge on any atom is -0.303 e. The molecule has 2 heteroatoms. The van der Waals surface area contributed by atoms with Crippen molar-refractivity contribution in [1.82, 2.24) is 4.90 Å². The van der Waals surface area contributed by atoms with Gasteiger partial charge in [-0.1, -0.05) is 63.8 Å². The van der Waals surface area contributed by atoms with Gasteiger partial charge in [-0.15, -0.1) is 6.58 Å². The number of aryl methyl sites for hydroxylation is 2. The lowest BCUT2D eigenvalue weighted by molar-refractivity contribution is 0.211. The minimum absolute atomic E-state index is 0.763. The summed E-state index contributed by atoms with van der Waals surface area (Å²) >= 11 is 0. The molecule has 0 aliphatic carbocycles. The topological polar surface area (TPSA) is 15.6 Å². The van der Waals surface area contributed by atoms with Crippen molar-refractivity contribution in [3.05, 3.63) is 47.0 Å². The zero-order valence-corrected chi connectivity index (χ0v) is 22.9. The van der Waals surface area contributed by atoms with E-state index >= 15 is 0 Å². The summed E-state index contributed by atoms with van der Waals surface area (Å²) in [7, 11) is 1.89. The standard InChI is InChI=1S/C19H30N2.C9H18.C2H6/c1-15-7-8-19(14-16(15)2)18-9-12-21(13-10-18)11-5-6-17(3)20-4;1-4-5-6-7-8-9(2)3;1-2/h7-8,14,18H,5-6,9-13H2,1-4H3;2,4-8H2,1,3H3;1-2H3. The molecule has 2 rings (SSSR count). The van der Waals surface area contributed by atoms with E-state index in [1.807, 2.05) is 20.9 Å². The van der Waals surface area contributed by atoms with E-state index in [0.29, 0.717) is 0 Å². The molecule has 0 bridgehead atoms. The number of allylic oxidation sites excluding steroid dienone is 1. The summed E-state index contributed by atoms with van der Waals surface area (Å²) in [4.78, 5) is 6.86. The molecule has 0 amide bonds. The number of likely N-dealkylation sites (tertiary alicyclic amines) is 1. The highest BCUT2D eigenvalue weighted by Gasteiger charge is 2.20. The van der Waals surface area contributed by atoms with Crippen molar-refractivity contribution in [1.29, 1.82) is 0 Å². The molecule has 0 N–H and O–H groups in total. The van der Waals surface area contributed by atoms with E-state index in [4.69, 9.17) is 0 Å². The van der Waals surface area contributed by atoms with Crippen LogP contribution >= 0.6 is 0 Å². The Morgan fingerprint density at radius 2 is 1.62 bits per heavy atom. The predicted molar refractivity (Wildman–Crippen MR) is 148 cm³/mol. The molecule has 1 aliphatic heterocycles. The van der Waals surface area contributed by atoms with Crippen molar-refractivity contribution >= 4 is 5.71 Å². The van der Waals surface area contributed by atoms with Crippen LogP contribution < -0.4 is 0 Å². The summed E-state index contributed by atoms with van der Waals surface area (Å²) in [6.07, 6.45) is 11.7. The smallest absolute Gasteiger partial charge is 0.0276 e.